The molecule has 0 bridgehead atoms. The van der Waals surface area contributed by atoms with Crippen LogP contribution in [-0.2, 0) is 0 Å². The van der Waals surface area contributed by atoms with Crippen LogP contribution < -0.4 is 10.1 Å². The first-order valence-corrected chi connectivity index (χ1v) is 12.3. The van der Waals surface area contributed by atoms with E-state index in [-0.39, 0.29) is 11.3 Å². The van der Waals surface area contributed by atoms with Crippen LogP contribution in [0.2, 0.25) is 0 Å². The molecule has 0 saturated heterocycles. The third-order valence-corrected chi connectivity index (χ3v) is 6.64. The average molecular weight is 535 g/mol. The van der Waals surface area contributed by atoms with Gasteiger partial charge in [0.2, 0.25) is 0 Å². The number of rotatable bonds is 6. The summed E-state index contributed by atoms with van der Waals surface area (Å²) in [4.78, 5) is 28.3. The van der Waals surface area contributed by atoms with Gasteiger partial charge in [-0.25, -0.2) is 9.78 Å². The van der Waals surface area contributed by atoms with E-state index < -0.39 is 10.9 Å². The Bertz CT molecular complexity index is 1410. The van der Waals surface area contributed by atoms with Crippen molar-refractivity contribution in [2.45, 2.75) is 38.1 Å². The zero-order valence-corrected chi connectivity index (χ0v) is 20.4. The first-order valence-electron chi connectivity index (χ1n) is 11.5. The van der Waals surface area contributed by atoms with Gasteiger partial charge in [0.1, 0.15) is 22.9 Å². The number of anilines is 1. The molecule has 178 valence electrons. The summed E-state index contributed by atoms with van der Waals surface area (Å²) in [6.07, 6.45) is 7.76. The minimum atomic E-state index is -0.672. The van der Waals surface area contributed by atoms with Gasteiger partial charge in [0.25, 0.3) is 5.69 Å². The van der Waals surface area contributed by atoms with E-state index in [1.54, 1.807) is 12.1 Å². The lowest BCUT2D eigenvalue weighted by Gasteiger charge is -2.24. The normalized spacial score (nSPS) is 14.1. The topological polar surface area (TPSA) is 98.8 Å². The molecule has 9 heteroatoms. The fourth-order valence-corrected chi connectivity index (χ4v) is 4.78. The van der Waals surface area contributed by atoms with Crippen molar-refractivity contribution in [1.82, 2.24) is 9.38 Å². The molecule has 35 heavy (non-hydrogen) atoms. The van der Waals surface area contributed by atoms with Gasteiger partial charge in [-0.15, -0.1) is 0 Å². The molecule has 1 N–H and O–H groups in total. The Balaban J connectivity index is 1.54. The quantitative estimate of drug-likeness (QED) is 0.129. The van der Waals surface area contributed by atoms with Crippen molar-refractivity contribution in [3.63, 3.8) is 0 Å². The zero-order valence-electron chi connectivity index (χ0n) is 18.8. The van der Waals surface area contributed by atoms with Gasteiger partial charge in [-0.05, 0) is 59.1 Å². The third-order valence-electron chi connectivity index (χ3n) is 6.17. The van der Waals surface area contributed by atoms with Gasteiger partial charge in [-0.2, -0.15) is 0 Å². The van der Waals surface area contributed by atoms with Crippen molar-refractivity contribution in [3.8, 4) is 17.0 Å². The van der Waals surface area contributed by atoms with Crippen molar-refractivity contribution in [3.05, 3.63) is 87.0 Å². The molecule has 0 aliphatic heterocycles. The molecule has 1 aliphatic rings. The van der Waals surface area contributed by atoms with E-state index >= 15 is 0 Å². The predicted octanol–water partition coefficient (Wildman–Crippen LogP) is 6.64. The SMILES string of the molecule is O=C(Oc1ccccc1-c1nc2ccc(Br)cn2c1NC1CCCCC1)c1cccc([N+](=O)[O-])c1. The van der Waals surface area contributed by atoms with E-state index in [0.29, 0.717) is 23.0 Å². The number of hydrogen-bond acceptors (Lipinski definition) is 6. The maximum absolute atomic E-state index is 12.9. The van der Waals surface area contributed by atoms with Crippen molar-refractivity contribution in [2.24, 2.45) is 0 Å². The second-order valence-electron chi connectivity index (χ2n) is 8.56. The monoisotopic (exact) mass is 534 g/mol. The van der Waals surface area contributed by atoms with Gasteiger partial charge in [0.05, 0.1) is 10.5 Å². The van der Waals surface area contributed by atoms with Gasteiger partial charge in [-0.3, -0.25) is 14.5 Å². The van der Waals surface area contributed by atoms with Crippen LogP contribution in [0.15, 0.2) is 71.3 Å². The predicted molar refractivity (Wildman–Crippen MR) is 137 cm³/mol. The summed E-state index contributed by atoms with van der Waals surface area (Å²) < 4.78 is 8.67. The van der Waals surface area contributed by atoms with Crippen LogP contribution in [0.5, 0.6) is 5.75 Å². The molecule has 0 amide bonds. The number of non-ortho nitro benzene ring substituents is 1. The number of halogens is 1. The summed E-state index contributed by atoms with van der Waals surface area (Å²) in [5.74, 6) is 0.500. The highest BCUT2D eigenvalue weighted by Gasteiger charge is 2.23. The van der Waals surface area contributed by atoms with Gasteiger partial charge in [0, 0.05) is 34.4 Å². The highest BCUT2D eigenvalue weighted by molar-refractivity contribution is 9.10. The molecule has 1 fully saturated rings. The lowest BCUT2D eigenvalue weighted by atomic mass is 9.95. The number of carbonyl (C=O) groups is 1. The Kier molecular flexibility index (Phi) is 6.50. The molecule has 0 unspecified atom stereocenters. The number of nitro benzene ring substituents is 1. The lowest BCUT2D eigenvalue weighted by Crippen LogP contribution is -2.23. The molecule has 2 heterocycles. The van der Waals surface area contributed by atoms with Crippen LogP contribution in [0.4, 0.5) is 11.5 Å². The summed E-state index contributed by atoms with van der Waals surface area (Å²) >= 11 is 3.55. The smallest absolute Gasteiger partial charge is 0.343 e. The number of ether oxygens (including phenoxy) is 1. The number of benzene rings is 2. The third kappa shape index (κ3) is 4.90. The molecule has 1 aliphatic carbocycles. The fourth-order valence-electron chi connectivity index (χ4n) is 4.44. The molecular formula is C26H23BrN4O4. The van der Waals surface area contributed by atoms with Crippen LogP contribution in [0, 0.1) is 10.1 Å². The minimum Gasteiger partial charge on any atom is -0.422 e. The highest BCUT2D eigenvalue weighted by atomic mass is 79.9. The second kappa shape index (κ2) is 9.87. The summed E-state index contributed by atoms with van der Waals surface area (Å²) in [6.45, 7) is 0. The van der Waals surface area contributed by atoms with E-state index in [0.717, 1.165) is 28.8 Å². The Labute approximate surface area is 210 Å². The Morgan fingerprint density at radius 3 is 2.69 bits per heavy atom. The van der Waals surface area contributed by atoms with Gasteiger partial charge >= 0.3 is 5.97 Å². The fraction of sp³-hybridized carbons (Fsp3) is 0.231. The maximum Gasteiger partial charge on any atom is 0.343 e. The molecule has 0 radical (unpaired) electrons. The number of aromatic nitrogens is 2. The number of nitrogens with one attached hydrogen (secondary N) is 1. The standard InChI is InChI=1S/C26H23BrN4O4/c27-18-13-14-23-29-24(25(30(23)16-18)28-19-8-2-1-3-9-19)21-11-4-5-12-22(21)35-26(32)17-7-6-10-20(15-17)31(33)34/h4-7,10-16,19,28H,1-3,8-9H2. The molecule has 0 atom stereocenters. The van der Waals surface area contributed by atoms with Crippen molar-refractivity contribution in [1.29, 1.82) is 0 Å². The van der Waals surface area contributed by atoms with E-state index in [1.165, 1.54) is 43.5 Å². The summed E-state index contributed by atoms with van der Waals surface area (Å²) in [5, 5.41) is 14.8. The van der Waals surface area contributed by atoms with Crippen molar-refractivity contribution >= 4 is 39.1 Å². The average Bonchev–Trinajstić information content (AvgIpc) is 3.22. The number of esters is 1. The number of hydrogen-bond donors (Lipinski definition) is 1. The summed E-state index contributed by atoms with van der Waals surface area (Å²) in [5.41, 5.74) is 2.04. The number of para-hydroxylation sites is 1. The minimum absolute atomic E-state index is 0.105. The first-order chi connectivity index (χ1) is 17.0. The summed E-state index contributed by atoms with van der Waals surface area (Å²) in [7, 11) is 0. The maximum atomic E-state index is 12.9. The number of pyridine rings is 1. The summed E-state index contributed by atoms with van der Waals surface area (Å²) in [6, 6.07) is 16.9. The van der Waals surface area contributed by atoms with E-state index in [9.17, 15) is 14.9 Å². The largest absolute Gasteiger partial charge is 0.422 e. The molecule has 0 spiro atoms. The van der Waals surface area contributed by atoms with E-state index in [4.69, 9.17) is 9.72 Å². The Hall–Kier alpha value is -3.72. The molecular weight excluding hydrogens is 512 g/mol. The zero-order chi connectivity index (χ0) is 24.4. The number of fused-ring (bicyclic) bond motifs is 1. The van der Waals surface area contributed by atoms with Crippen molar-refractivity contribution < 1.29 is 14.5 Å². The van der Waals surface area contributed by atoms with Crippen molar-refractivity contribution in [2.75, 3.05) is 5.32 Å². The highest BCUT2D eigenvalue weighted by Crippen LogP contribution is 2.37. The molecule has 5 rings (SSSR count). The van der Waals surface area contributed by atoms with Crippen LogP contribution in [-0.4, -0.2) is 26.3 Å². The van der Waals surface area contributed by atoms with Gasteiger partial charge in [0.15, 0.2) is 0 Å². The Morgan fingerprint density at radius 1 is 1.09 bits per heavy atom. The molecule has 8 nitrogen and oxygen atoms in total. The number of imidazole rings is 1. The van der Waals surface area contributed by atoms with Crippen LogP contribution >= 0.6 is 15.9 Å². The van der Waals surface area contributed by atoms with E-state index in [2.05, 4.69) is 21.2 Å². The van der Waals surface area contributed by atoms with E-state index in [1.807, 2.05) is 34.9 Å². The molecule has 4 aromatic rings. The van der Waals surface area contributed by atoms with Crippen LogP contribution in [0.3, 0.4) is 0 Å². The molecule has 2 aromatic carbocycles. The first kappa shape index (κ1) is 23.0. The second-order valence-corrected chi connectivity index (χ2v) is 9.47. The molecule has 2 aromatic heterocycles. The Morgan fingerprint density at radius 2 is 1.89 bits per heavy atom. The lowest BCUT2D eigenvalue weighted by molar-refractivity contribution is -0.384. The van der Waals surface area contributed by atoms with Gasteiger partial charge in [-0.1, -0.05) is 37.5 Å². The van der Waals surface area contributed by atoms with Gasteiger partial charge < -0.3 is 10.1 Å². The number of carbonyl (C=O) groups excluding carboxylic acids is 1. The van der Waals surface area contributed by atoms with Crippen LogP contribution in [0.1, 0.15) is 42.5 Å². The number of nitrogens with zero attached hydrogens (tertiary/aromatic N) is 3. The van der Waals surface area contributed by atoms with Crippen LogP contribution in [0.25, 0.3) is 16.9 Å². The molecule has 1 saturated carbocycles. The number of nitro groups is 1.